The van der Waals surface area contributed by atoms with Gasteiger partial charge in [0.05, 0.1) is 31.2 Å². The molecule has 2 unspecified atom stereocenters. The van der Waals surface area contributed by atoms with Gasteiger partial charge in [-0.25, -0.2) is 9.18 Å². The summed E-state index contributed by atoms with van der Waals surface area (Å²) in [5.41, 5.74) is 1.24. The molecular weight excluding hydrogens is 572 g/mol. The van der Waals surface area contributed by atoms with Gasteiger partial charge in [-0.15, -0.1) is 0 Å². The van der Waals surface area contributed by atoms with Gasteiger partial charge in [-0.05, 0) is 54.6 Å². The van der Waals surface area contributed by atoms with E-state index in [0.29, 0.717) is 22.0 Å². The molecule has 0 bridgehead atoms. The molecule has 2 aromatic carbocycles. The van der Waals surface area contributed by atoms with Gasteiger partial charge in [0.1, 0.15) is 5.83 Å². The van der Waals surface area contributed by atoms with Crippen molar-refractivity contribution in [3.63, 3.8) is 0 Å². The summed E-state index contributed by atoms with van der Waals surface area (Å²) < 4.78 is 25.9. The van der Waals surface area contributed by atoms with Crippen molar-refractivity contribution >= 4 is 52.4 Å². The smallest absolute Gasteiger partial charge is 0.337 e. The predicted octanol–water partition coefficient (Wildman–Crippen LogP) is 5.45. The van der Waals surface area contributed by atoms with Crippen molar-refractivity contribution in [3.05, 3.63) is 94.8 Å². The van der Waals surface area contributed by atoms with Gasteiger partial charge in [0, 0.05) is 54.6 Å². The molecule has 0 aliphatic carbocycles. The van der Waals surface area contributed by atoms with Crippen molar-refractivity contribution < 1.29 is 28.2 Å². The topological polar surface area (TPSA) is 88.2 Å². The number of nitrogens with zero attached hydrogens (tertiary/aromatic N) is 2. The van der Waals surface area contributed by atoms with E-state index in [0.717, 1.165) is 0 Å². The normalized spacial score (nSPS) is 19.3. The minimum Gasteiger partial charge on any atom is -0.465 e. The van der Waals surface area contributed by atoms with Crippen molar-refractivity contribution in [1.29, 1.82) is 0 Å². The molecule has 1 heterocycles. The predicted molar refractivity (Wildman–Crippen MR) is 159 cm³/mol. The highest BCUT2D eigenvalue weighted by molar-refractivity contribution is 6.31. The molecular formula is C30H32Cl2FN3O5. The zero-order chi connectivity index (χ0) is 30.1. The first kappa shape index (κ1) is 32.0. The fourth-order valence-corrected chi connectivity index (χ4v) is 4.99. The first-order chi connectivity index (χ1) is 19.6. The quantitative estimate of drug-likeness (QED) is 0.271. The van der Waals surface area contributed by atoms with Crippen molar-refractivity contribution in [3.8, 4) is 0 Å². The highest BCUT2D eigenvalue weighted by Gasteiger charge is 2.51. The van der Waals surface area contributed by atoms with Crippen LogP contribution in [0.4, 0.5) is 15.8 Å². The Kier molecular flexibility index (Phi) is 11.7. The Balaban J connectivity index is 2.00. The van der Waals surface area contributed by atoms with Crippen LogP contribution in [0.25, 0.3) is 0 Å². The second-order valence-corrected chi connectivity index (χ2v) is 10.3. The lowest BCUT2D eigenvalue weighted by Gasteiger charge is -2.27. The fourth-order valence-electron chi connectivity index (χ4n) is 4.72. The van der Waals surface area contributed by atoms with Crippen LogP contribution in [0, 0.1) is 11.8 Å². The summed E-state index contributed by atoms with van der Waals surface area (Å²) in [6.45, 7) is 4.19. The molecule has 1 N–H and O–H groups in total. The Bertz CT molecular complexity index is 1330. The number of rotatable bonds is 11. The van der Waals surface area contributed by atoms with Crippen LogP contribution >= 0.6 is 23.2 Å². The molecule has 11 heteroatoms. The van der Waals surface area contributed by atoms with Gasteiger partial charge in [-0.1, -0.05) is 41.9 Å². The molecule has 1 saturated heterocycles. The van der Waals surface area contributed by atoms with E-state index in [2.05, 4.69) is 11.9 Å². The third-order valence-electron chi connectivity index (χ3n) is 6.72. The minimum atomic E-state index is -1.14. The van der Waals surface area contributed by atoms with Gasteiger partial charge in [-0.2, -0.15) is 0 Å². The summed E-state index contributed by atoms with van der Waals surface area (Å²) in [5.74, 6) is -4.15. The van der Waals surface area contributed by atoms with E-state index in [-0.39, 0.29) is 24.7 Å². The van der Waals surface area contributed by atoms with Crippen molar-refractivity contribution in [2.45, 2.75) is 6.04 Å². The molecule has 3 rings (SSSR count). The average molecular weight is 605 g/mol. The van der Waals surface area contributed by atoms with E-state index in [1.54, 1.807) is 48.3 Å². The standard InChI is InChI=1S/C30H32Cl2FN3O5/c1-19(31)7-5-10-25(33)26-24(29(38)35(2)23-13-11-20(12-14-23)30(39)41-4)18-36(15-16-40-3)27(26)28(37)34-22-9-6-8-21(32)17-22/h5-14,17,24,26-27H,1,15-16,18H2,2-4H3,(H,34,37)/b7-5-,25-10-/t24-,26?,27?/m1/s1. The SMILES string of the molecule is C=C(Cl)/C=C\C=C(/F)C1C(C(=O)Nc2cccc(Cl)c2)N(CCOC)C[C@H]1C(=O)N(C)c1ccc(C(=O)OC)cc1. The van der Waals surface area contributed by atoms with Crippen LogP contribution in [0.15, 0.2) is 84.2 Å². The maximum absolute atomic E-state index is 16.0. The lowest BCUT2D eigenvalue weighted by atomic mass is 9.87. The number of amides is 2. The van der Waals surface area contributed by atoms with Crippen LogP contribution in [-0.2, 0) is 19.1 Å². The molecule has 1 aliphatic rings. The Morgan fingerprint density at radius 2 is 1.90 bits per heavy atom. The largest absolute Gasteiger partial charge is 0.465 e. The number of halogens is 3. The molecule has 0 aromatic heterocycles. The second kappa shape index (κ2) is 14.9. The van der Waals surface area contributed by atoms with Crippen molar-refractivity contribution in [2.75, 3.05) is 51.2 Å². The number of nitrogens with one attached hydrogen (secondary N) is 1. The number of esters is 1. The molecule has 8 nitrogen and oxygen atoms in total. The van der Waals surface area contributed by atoms with Gasteiger partial charge in [0.25, 0.3) is 0 Å². The molecule has 218 valence electrons. The fraction of sp³-hybridized carbons (Fsp3) is 0.300. The maximum Gasteiger partial charge on any atom is 0.337 e. The number of likely N-dealkylation sites (tertiary alicyclic amines) is 1. The zero-order valence-electron chi connectivity index (χ0n) is 23.0. The molecule has 41 heavy (non-hydrogen) atoms. The monoisotopic (exact) mass is 603 g/mol. The van der Waals surface area contributed by atoms with E-state index in [1.165, 1.54) is 49.5 Å². The van der Waals surface area contributed by atoms with Gasteiger partial charge in [0.15, 0.2) is 0 Å². The molecule has 2 aromatic rings. The number of anilines is 2. The maximum atomic E-state index is 16.0. The molecule has 0 spiro atoms. The highest BCUT2D eigenvalue weighted by Crippen LogP contribution is 2.38. The third-order valence-corrected chi connectivity index (χ3v) is 7.08. The van der Waals surface area contributed by atoms with Crippen molar-refractivity contribution in [2.24, 2.45) is 11.8 Å². The number of carbonyl (C=O) groups excluding carboxylic acids is 3. The number of ether oxygens (including phenoxy) is 2. The first-order valence-corrected chi connectivity index (χ1v) is 13.5. The van der Waals surface area contributed by atoms with Gasteiger partial charge in [-0.3, -0.25) is 14.5 Å². The summed E-state index contributed by atoms with van der Waals surface area (Å²) in [6.07, 6.45) is 3.97. The van der Waals surface area contributed by atoms with Gasteiger partial charge in [0.2, 0.25) is 11.8 Å². The average Bonchev–Trinajstić information content (AvgIpc) is 3.34. The third kappa shape index (κ3) is 8.27. The van der Waals surface area contributed by atoms with Crippen LogP contribution in [0.5, 0.6) is 0 Å². The van der Waals surface area contributed by atoms with E-state index >= 15 is 4.39 Å². The van der Waals surface area contributed by atoms with E-state index in [9.17, 15) is 14.4 Å². The van der Waals surface area contributed by atoms with Crippen LogP contribution in [-0.4, -0.2) is 69.7 Å². The Morgan fingerprint density at radius 1 is 1.20 bits per heavy atom. The molecule has 3 atom stereocenters. The second-order valence-electron chi connectivity index (χ2n) is 9.36. The summed E-state index contributed by atoms with van der Waals surface area (Å²) in [7, 11) is 4.36. The Morgan fingerprint density at radius 3 is 2.51 bits per heavy atom. The molecule has 0 radical (unpaired) electrons. The molecule has 1 fully saturated rings. The minimum absolute atomic E-state index is 0.0955. The summed E-state index contributed by atoms with van der Waals surface area (Å²) in [6, 6.07) is 11.8. The highest BCUT2D eigenvalue weighted by atomic mass is 35.5. The molecule has 0 saturated carbocycles. The summed E-state index contributed by atoms with van der Waals surface area (Å²) in [5, 5.41) is 3.43. The van der Waals surface area contributed by atoms with Crippen molar-refractivity contribution in [1.82, 2.24) is 4.90 Å². The Labute approximate surface area is 249 Å². The van der Waals surface area contributed by atoms with Gasteiger partial charge >= 0.3 is 5.97 Å². The van der Waals surface area contributed by atoms with Crippen LogP contribution in [0.3, 0.4) is 0 Å². The zero-order valence-corrected chi connectivity index (χ0v) is 24.5. The first-order valence-electron chi connectivity index (χ1n) is 12.7. The number of carbonyl (C=O) groups is 3. The van der Waals surface area contributed by atoms with Crippen LogP contribution in [0.2, 0.25) is 5.02 Å². The lowest BCUT2D eigenvalue weighted by Crippen LogP contribution is -2.45. The summed E-state index contributed by atoms with van der Waals surface area (Å²) in [4.78, 5) is 42.5. The lowest BCUT2D eigenvalue weighted by molar-refractivity contribution is -0.123. The van der Waals surface area contributed by atoms with Gasteiger partial charge < -0.3 is 19.7 Å². The number of methoxy groups -OCH3 is 2. The number of allylic oxidation sites excluding steroid dienone is 4. The number of hydrogen-bond acceptors (Lipinski definition) is 6. The van der Waals surface area contributed by atoms with E-state index in [4.69, 9.17) is 32.7 Å². The molecule has 2 amide bonds. The van der Waals surface area contributed by atoms with E-state index in [1.807, 2.05) is 0 Å². The van der Waals surface area contributed by atoms with Crippen LogP contribution < -0.4 is 10.2 Å². The number of benzene rings is 2. The van der Waals surface area contributed by atoms with Crippen LogP contribution in [0.1, 0.15) is 10.4 Å². The van der Waals surface area contributed by atoms with E-state index < -0.39 is 41.5 Å². The number of hydrogen-bond donors (Lipinski definition) is 1. The summed E-state index contributed by atoms with van der Waals surface area (Å²) >= 11 is 11.9. The Hall–Kier alpha value is -3.50. The molecule has 1 aliphatic heterocycles.